The molecule has 0 fully saturated rings. The third kappa shape index (κ3) is 6.06. The fourth-order valence-corrected chi connectivity index (χ4v) is 3.24. The smallest absolute Gasteiger partial charge is 0.283 e. The third-order valence-corrected chi connectivity index (χ3v) is 5.36. The maximum absolute atomic E-state index is 13.2. The van der Waals surface area contributed by atoms with Crippen LogP contribution in [0.1, 0.15) is 27.0 Å². The lowest BCUT2D eigenvalue weighted by Gasteiger charge is -2.14. The van der Waals surface area contributed by atoms with Gasteiger partial charge < -0.3 is 16.4 Å². The van der Waals surface area contributed by atoms with Gasteiger partial charge in [-0.2, -0.15) is 12.6 Å². The molecule has 3 aromatic carbocycles. The molecule has 7 heteroatoms. The average Bonchev–Trinajstić information content (AvgIpc) is 2.81. The van der Waals surface area contributed by atoms with Crippen molar-refractivity contribution in [2.45, 2.75) is 19.4 Å². The predicted molar refractivity (Wildman–Crippen MR) is 129 cm³/mol. The highest BCUT2D eigenvalue weighted by Crippen LogP contribution is 2.24. The molecule has 5 N–H and O–H groups in total. The van der Waals surface area contributed by atoms with Gasteiger partial charge in [-0.05, 0) is 30.7 Å². The molecule has 0 saturated carbocycles. The molecular weight excluding hydrogens is 422 g/mol. The summed E-state index contributed by atoms with van der Waals surface area (Å²) in [6.07, 6.45) is 0.183. The van der Waals surface area contributed by atoms with Gasteiger partial charge in [0.2, 0.25) is 5.91 Å². The Hall–Kier alpha value is -3.42. The highest BCUT2D eigenvalue weighted by atomic mass is 32.1. The van der Waals surface area contributed by atoms with Crippen LogP contribution in [0.25, 0.3) is 0 Å². The fourth-order valence-electron chi connectivity index (χ4n) is 3.08. The first-order chi connectivity index (χ1) is 15.4. The number of thiol groups is 1. The average molecular weight is 449 g/mol. The Kier molecular flexibility index (Phi) is 7.81. The number of nitrogens with one attached hydrogen (secondary N) is 2. The molecular formula is C25H26N3O3S+. The van der Waals surface area contributed by atoms with E-state index in [9.17, 15) is 14.4 Å². The van der Waals surface area contributed by atoms with Gasteiger partial charge in [-0.1, -0.05) is 60.2 Å². The SMILES string of the molecule is Cc1ccc(CC(=O)Nc2ccc(NC(=O)[C@@H]([NH3+])CS)cc2C(=O)c2ccccc2)cc1. The zero-order valence-corrected chi connectivity index (χ0v) is 18.7. The number of benzene rings is 3. The number of quaternary nitrogens is 1. The second kappa shape index (κ2) is 10.7. The van der Waals surface area contributed by atoms with Crippen molar-refractivity contribution in [1.82, 2.24) is 0 Å². The molecule has 2 amide bonds. The van der Waals surface area contributed by atoms with Crippen LogP contribution >= 0.6 is 12.6 Å². The summed E-state index contributed by atoms with van der Waals surface area (Å²) in [7, 11) is 0. The van der Waals surface area contributed by atoms with Crippen molar-refractivity contribution >= 4 is 41.6 Å². The van der Waals surface area contributed by atoms with E-state index >= 15 is 0 Å². The molecule has 6 nitrogen and oxygen atoms in total. The molecule has 3 rings (SSSR count). The van der Waals surface area contributed by atoms with Crippen LogP contribution in [0.3, 0.4) is 0 Å². The number of aryl methyl sites for hydroxylation is 1. The van der Waals surface area contributed by atoms with E-state index < -0.39 is 6.04 Å². The summed E-state index contributed by atoms with van der Waals surface area (Å²) in [5.41, 5.74) is 7.34. The number of carbonyl (C=O) groups is 3. The second-order valence-corrected chi connectivity index (χ2v) is 7.90. The van der Waals surface area contributed by atoms with Crippen LogP contribution in [0, 0.1) is 6.92 Å². The van der Waals surface area contributed by atoms with Gasteiger partial charge in [-0.3, -0.25) is 14.4 Å². The molecule has 3 aromatic rings. The summed E-state index contributed by atoms with van der Waals surface area (Å²) < 4.78 is 0. The molecule has 0 aromatic heterocycles. The van der Waals surface area contributed by atoms with Crippen LogP contribution in [0.4, 0.5) is 11.4 Å². The maximum Gasteiger partial charge on any atom is 0.283 e. The Morgan fingerprint density at radius 2 is 1.62 bits per heavy atom. The Morgan fingerprint density at radius 3 is 2.28 bits per heavy atom. The normalized spacial score (nSPS) is 11.5. The molecule has 0 aliphatic heterocycles. The number of amides is 2. The van der Waals surface area contributed by atoms with Gasteiger partial charge in [0.05, 0.1) is 17.9 Å². The Balaban J connectivity index is 1.88. The zero-order chi connectivity index (χ0) is 23.1. The predicted octanol–water partition coefficient (Wildman–Crippen LogP) is 2.89. The zero-order valence-electron chi connectivity index (χ0n) is 17.8. The van der Waals surface area contributed by atoms with Crippen LogP contribution in [0.15, 0.2) is 72.8 Å². The topological polar surface area (TPSA) is 103 Å². The minimum Gasteiger partial charge on any atom is -0.347 e. The lowest BCUT2D eigenvalue weighted by molar-refractivity contribution is -0.395. The van der Waals surface area contributed by atoms with E-state index in [1.165, 1.54) is 0 Å². The van der Waals surface area contributed by atoms with Crippen molar-refractivity contribution < 1.29 is 20.1 Å². The van der Waals surface area contributed by atoms with Crippen molar-refractivity contribution in [2.24, 2.45) is 0 Å². The second-order valence-electron chi connectivity index (χ2n) is 7.53. The third-order valence-electron chi connectivity index (χ3n) is 4.92. The Labute approximate surface area is 192 Å². The van der Waals surface area contributed by atoms with Crippen LogP contribution in [0.5, 0.6) is 0 Å². The molecule has 0 saturated heterocycles. The number of carbonyl (C=O) groups excluding carboxylic acids is 3. The number of anilines is 2. The Bertz CT molecular complexity index is 1120. The molecule has 0 heterocycles. The monoisotopic (exact) mass is 448 g/mol. The number of ketones is 1. The first kappa shape index (κ1) is 23.2. The van der Waals surface area contributed by atoms with Crippen molar-refractivity contribution in [3.63, 3.8) is 0 Å². The van der Waals surface area contributed by atoms with Gasteiger partial charge in [0.25, 0.3) is 5.91 Å². The quantitative estimate of drug-likeness (QED) is 0.315. The first-order valence-corrected chi connectivity index (χ1v) is 10.8. The van der Waals surface area contributed by atoms with E-state index in [0.29, 0.717) is 22.7 Å². The van der Waals surface area contributed by atoms with Gasteiger partial charge in [-0.15, -0.1) is 0 Å². The summed E-state index contributed by atoms with van der Waals surface area (Å²) in [6.45, 7) is 1.98. The van der Waals surface area contributed by atoms with Gasteiger partial charge in [0.1, 0.15) is 0 Å². The standard InChI is InChI=1S/C25H25N3O3S/c1-16-7-9-17(10-8-16)13-23(29)28-22-12-11-19(27-25(31)21(26)15-32)14-20(22)24(30)18-5-3-2-4-6-18/h2-12,14,21,32H,13,15,26H2,1H3,(H,27,31)(H,28,29)/p+1/t21-/m0/s1. The molecule has 32 heavy (non-hydrogen) atoms. The first-order valence-electron chi connectivity index (χ1n) is 10.2. The van der Waals surface area contributed by atoms with E-state index in [-0.39, 0.29) is 29.6 Å². The molecule has 0 aliphatic carbocycles. The number of hydrogen-bond acceptors (Lipinski definition) is 4. The summed E-state index contributed by atoms with van der Waals surface area (Å²) in [6, 6.07) is 20.8. The molecule has 1 atom stereocenters. The fraction of sp³-hybridized carbons (Fsp3) is 0.160. The van der Waals surface area contributed by atoms with Crippen LogP contribution in [-0.4, -0.2) is 29.4 Å². The lowest BCUT2D eigenvalue weighted by Crippen LogP contribution is -2.67. The highest BCUT2D eigenvalue weighted by molar-refractivity contribution is 7.80. The van der Waals surface area contributed by atoms with Gasteiger partial charge in [0, 0.05) is 16.8 Å². The number of rotatable bonds is 8. The van der Waals surface area contributed by atoms with E-state index in [1.807, 2.05) is 37.3 Å². The summed E-state index contributed by atoms with van der Waals surface area (Å²) in [5.74, 6) is -0.489. The van der Waals surface area contributed by atoms with Crippen LogP contribution < -0.4 is 16.4 Å². The largest absolute Gasteiger partial charge is 0.347 e. The summed E-state index contributed by atoms with van der Waals surface area (Å²) >= 11 is 4.10. The van der Waals surface area contributed by atoms with Gasteiger partial charge >= 0.3 is 0 Å². The van der Waals surface area contributed by atoms with Crippen molar-refractivity contribution in [2.75, 3.05) is 16.4 Å². The van der Waals surface area contributed by atoms with Gasteiger partial charge in [0.15, 0.2) is 11.8 Å². The number of hydrogen-bond donors (Lipinski definition) is 4. The van der Waals surface area contributed by atoms with E-state index in [2.05, 4.69) is 29.0 Å². The molecule has 0 bridgehead atoms. The minimum absolute atomic E-state index is 0.183. The summed E-state index contributed by atoms with van der Waals surface area (Å²) in [4.78, 5) is 38.1. The Morgan fingerprint density at radius 1 is 0.938 bits per heavy atom. The molecule has 164 valence electrons. The minimum atomic E-state index is -0.527. The van der Waals surface area contributed by atoms with Crippen LogP contribution in [-0.2, 0) is 16.0 Å². The summed E-state index contributed by atoms with van der Waals surface area (Å²) in [5, 5.41) is 5.59. The van der Waals surface area contributed by atoms with E-state index in [0.717, 1.165) is 11.1 Å². The lowest BCUT2D eigenvalue weighted by atomic mass is 10.0. The maximum atomic E-state index is 13.2. The molecule has 0 radical (unpaired) electrons. The van der Waals surface area contributed by atoms with Crippen LogP contribution in [0.2, 0.25) is 0 Å². The molecule has 0 unspecified atom stereocenters. The molecule has 0 spiro atoms. The van der Waals surface area contributed by atoms with Crippen molar-refractivity contribution in [3.8, 4) is 0 Å². The van der Waals surface area contributed by atoms with Crippen molar-refractivity contribution in [1.29, 1.82) is 0 Å². The van der Waals surface area contributed by atoms with E-state index in [1.54, 1.807) is 42.5 Å². The van der Waals surface area contributed by atoms with Gasteiger partial charge in [-0.25, -0.2) is 0 Å². The van der Waals surface area contributed by atoms with Crippen molar-refractivity contribution in [3.05, 3.63) is 95.1 Å². The van der Waals surface area contributed by atoms with E-state index in [4.69, 9.17) is 0 Å². The molecule has 0 aliphatic rings. The highest BCUT2D eigenvalue weighted by Gasteiger charge is 2.19.